The van der Waals surface area contributed by atoms with E-state index in [0.717, 1.165) is 32.1 Å². The summed E-state index contributed by atoms with van der Waals surface area (Å²) in [7, 11) is 0. The minimum atomic E-state index is -1.89. The fourth-order valence-corrected chi connectivity index (χ4v) is 2.66. The Kier molecular flexibility index (Phi) is 7.57. The molecule has 0 N–H and O–H groups in total. The molecule has 0 saturated heterocycles. The Labute approximate surface area is 84.4 Å². The van der Waals surface area contributed by atoms with Crippen molar-refractivity contribution in [2.45, 2.75) is 58.1 Å². The highest BCUT2D eigenvalue weighted by atomic mass is 32.2. The molecular weight excluding hydrogens is 184 g/mol. The van der Waals surface area contributed by atoms with E-state index < -0.39 is 11.1 Å². The second-order valence-electron chi connectivity index (χ2n) is 3.52. The van der Waals surface area contributed by atoms with Gasteiger partial charge in [0.25, 0.3) is 0 Å². The molecule has 3 unspecified atom stereocenters. The van der Waals surface area contributed by atoms with Gasteiger partial charge in [-0.15, -0.1) is 0 Å². The predicted octanol–water partition coefficient (Wildman–Crippen LogP) is 2.86. The second kappa shape index (κ2) is 7.51. The number of unbranched alkanes of at least 4 members (excludes halogenated alkanes) is 1. The smallest absolute Gasteiger partial charge is 0.0241 e. The molecule has 2 nitrogen and oxygen atoms in total. The highest BCUT2D eigenvalue weighted by Crippen LogP contribution is 2.22. The molecule has 0 rings (SSSR count). The molecule has 0 fully saturated rings. The molecule has 0 aliphatic rings. The van der Waals surface area contributed by atoms with Crippen LogP contribution in [0.2, 0.25) is 0 Å². The lowest BCUT2D eigenvalue weighted by Gasteiger charge is -2.27. The van der Waals surface area contributed by atoms with Crippen molar-refractivity contribution in [3.05, 3.63) is 0 Å². The lowest BCUT2D eigenvalue weighted by molar-refractivity contribution is 0.400. The van der Waals surface area contributed by atoms with Crippen LogP contribution in [0.25, 0.3) is 0 Å². The minimum absolute atomic E-state index is 0.128. The van der Waals surface area contributed by atoms with Gasteiger partial charge in [0, 0.05) is 5.25 Å². The average Bonchev–Trinajstić information content (AvgIpc) is 2.11. The van der Waals surface area contributed by atoms with Crippen LogP contribution in [0.15, 0.2) is 0 Å². The van der Waals surface area contributed by atoms with Gasteiger partial charge < -0.3 is 4.55 Å². The van der Waals surface area contributed by atoms with Crippen LogP contribution in [0.4, 0.5) is 0 Å². The minimum Gasteiger partial charge on any atom is -0.772 e. The number of hydrogen-bond donors (Lipinski definition) is 0. The predicted molar refractivity (Wildman–Crippen MR) is 56.3 cm³/mol. The monoisotopic (exact) mass is 205 g/mol. The van der Waals surface area contributed by atoms with Crippen molar-refractivity contribution in [3.63, 3.8) is 0 Å². The summed E-state index contributed by atoms with van der Waals surface area (Å²) < 4.78 is 21.8. The van der Waals surface area contributed by atoms with Crippen molar-refractivity contribution in [1.29, 1.82) is 0 Å². The van der Waals surface area contributed by atoms with Crippen LogP contribution in [0, 0.1) is 5.92 Å². The maximum absolute atomic E-state index is 10.9. The third-order valence-corrected chi connectivity index (χ3v) is 3.84. The van der Waals surface area contributed by atoms with Crippen LogP contribution in [-0.4, -0.2) is 14.0 Å². The molecule has 0 aromatic heterocycles. The topological polar surface area (TPSA) is 40.1 Å². The van der Waals surface area contributed by atoms with E-state index in [1.54, 1.807) is 0 Å². The third kappa shape index (κ3) is 4.77. The van der Waals surface area contributed by atoms with Gasteiger partial charge in [0.15, 0.2) is 0 Å². The van der Waals surface area contributed by atoms with Crippen LogP contribution in [-0.2, 0) is 11.1 Å². The molecule has 0 saturated carbocycles. The molecule has 0 aromatic rings. The summed E-state index contributed by atoms with van der Waals surface area (Å²) in [6, 6.07) is 0. The molecule has 3 atom stereocenters. The Morgan fingerprint density at radius 3 is 2.15 bits per heavy atom. The molecule has 0 spiro atoms. The molecule has 0 aliphatic heterocycles. The van der Waals surface area contributed by atoms with E-state index in [-0.39, 0.29) is 5.25 Å². The van der Waals surface area contributed by atoms with Gasteiger partial charge in [0.1, 0.15) is 0 Å². The van der Waals surface area contributed by atoms with Crippen LogP contribution in [0.1, 0.15) is 52.9 Å². The Morgan fingerprint density at radius 1 is 1.23 bits per heavy atom. The maximum atomic E-state index is 10.9. The van der Waals surface area contributed by atoms with Crippen LogP contribution in [0.5, 0.6) is 0 Å². The first-order valence-electron chi connectivity index (χ1n) is 5.25. The maximum Gasteiger partial charge on any atom is 0.0241 e. The van der Waals surface area contributed by atoms with Crippen LogP contribution in [0.3, 0.4) is 0 Å². The van der Waals surface area contributed by atoms with E-state index in [2.05, 4.69) is 13.8 Å². The third-order valence-electron chi connectivity index (χ3n) is 2.63. The summed E-state index contributed by atoms with van der Waals surface area (Å²) in [5.74, 6) is 0.364. The largest absolute Gasteiger partial charge is 0.772 e. The van der Waals surface area contributed by atoms with Gasteiger partial charge in [-0.2, -0.15) is 0 Å². The van der Waals surface area contributed by atoms with Crippen LogP contribution < -0.4 is 0 Å². The standard InChI is InChI=1S/C10H22O2S/c1-4-7-8-9(5-2)10(6-3)13(11)12/h9-10H,4-8H2,1-3H3,(H,11,12)/p-1. The van der Waals surface area contributed by atoms with Crippen LogP contribution >= 0.6 is 0 Å². The van der Waals surface area contributed by atoms with E-state index in [9.17, 15) is 8.76 Å². The van der Waals surface area contributed by atoms with Crippen molar-refractivity contribution in [3.8, 4) is 0 Å². The van der Waals surface area contributed by atoms with E-state index in [0.29, 0.717) is 5.92 Å². The molecule has 13 heavy (non-hydrogen) atoms. The highest BCUT2D eigenvalue weighted by Gasteiger charge is 2.18. The summed E-state index contributed by atoms with van der Waals surface area (Å²) in [5, 5.41) is -0.128. The van der Waals surface area contributed by atoms with Crippen molar-refractivity contribution >= 4 is 11.1 Å². The van der Waals surface area contributed by atoms with Gasteiger partial charge in [-0.05, 0) is 18.8 Å². The summed E-state index contributed by atoms with van der Waals surface area (Å²) in [4.78, 5) is 0. The van der Waals surface area contributed by atoms with E-state index >= 15 is 0 Å². The number of rotatable bonds is 7. The average molecular weight is 205 g/mol. The molecule has 0 aromatic carbocycles. The fourth-order valence-electron chi connectivity index (χ4n) is 1.75. The Bertz CT molecular complexity index is 148. The van der Waals surface area contributed by atoms with Crippen molar-refractivity contribution in [2.75, 3.05) is 0 Å². The van der Waals surface area contributed by atoms with Gasteiger partial charge in [0.05, 0.1) is 0 Å². The summed E-state index contributed by atoms with van der Waals surface area (Å²) in [6.07, 6.45) is 5.08. The molecule has 3 heteroatoms. The van der Waals surface area contributed by atoms with Crippen molar-refractivity contribution in [1.82, 2.24) is 0 Å². The first kappa shape index (κ1) is 13.1. The fraction of sp³-hybridized carbons (Fsp3) is 1.00. The molecule has 0 radical (unpaired) electrons. The van der Waals surface area contributed by atoms with E-state index in [4.69, 9.17) is 0 Å². The van der Waals surface area contributed by atoms with Gasteiger partial charge >= 0.3 is 0 Å². The molecule has 0 aliphatic carbocycles. The summed E-state index contributed by atoms with van der Waals surface area (Å²) in [5.41, 5.74) is 0. The SMILES string of the molecule is CCCCC(CC)C(CC)S(=O)[O-]. The first-order valence-corrected chi connectivity index (χ1v) is 6.39. The molecule has 0 amide bonds. The summed E-state index contributed by atoms with van der Waals surface area (Å²) >= 11 is -1.89. The Hall–Kier alpha value is 0.110. The van der Waals surface area contributed by atoms with Gasteiger partial charge in [-0.3, -0.25) is 4.21 Å². The van der Waals surface area contributed by atoms with Gasteiger partial charge in [0.2, 0.25) is 0 Å². The van der Waals surface area contributed by atoms with Gasteiger partial charge in [-0.25, -0.2) is 0 Å². The second-order valence-corrected chi connectivity index (χ2v) is 4.64. The van der Waals surface area contributed by atoms with E-state index in [1.807, 2.05) is 6.92 Å². The zero-order chi connectivity index (χ0) is 10.3. The Morgan fingerprint density at radius 2 is 1.85 bits per heavy atom. The summed E-state index contributed by atoms with van der Waals surface area (Å²) in [6.45, 7) is 6.17. The van der Waals surface area contributed by atoms with Gasteiger partial charge in [-0.1, -0.05) is 51.1 Å². The van der Waals surface area contributed by atoms with Crippen molar-refractivity contribution in [2.24, 2.45) is 5.92 Å². The zero-order valence-electron chi connectivity index (χ0n) is 8.91. The van der Waals surface area contributed by atoms with Crippen molar-refractivity contribution < 1.29 is 8.76 Å². The lowest BCUT2D eigenvalue weighted by Crippen LogP contribution is -2.24. The molecule has 80 valence electrons. The Balaban J connectivity index is 4.08. The molecule has 0 bridgehead atoms. The number of hydrogen-bond acceptors (Lipinski definition) is 2. The first-order chi connectivity index (χ1) is 6.17. The normalized spacial score (nSPS) is 18.2. The highest BCUT2D eigenvalue weighted by molar-refractivity contribution is 7.79. The lowest BCUT2D eigenvalue weighted by atomic mass is 9.94. The van der Waals surface area contributed by atoms with E-state index in [1.165, 1.54) is 0 Å². The zero-order valence-corrected chi connectivity index (χ0v) is 9.73. The quantitative estimate of drug-likeness (QED) is 0.600. The molecule has 0 heterocycles. The molecular formula is C10H21O2S-.